The van der Waals surface area contributed by atoms with E-state index in [4.69, 9.17) is 9.97 Å². The van der Waals surface area contributed by atoms with Crippen LogP contribution in [0.2, 0.25) is 0 Å². The normalized spacial score (nSPS) is 20.6. The number of carbonyl (C=O) groups is 1. The van der Waals surface area contributed by atoms with Crippen molar-refractivity contribution in [3.8, 4) is 11.1 Å². The number of aryl methyl sites for hydroxylation is 1. The Morgan fingerprint density at radius 3 is 2.44 bits per heavy atom. The van der Waals surface area contributed by atoms with E-state index in [-0.39, 0.29) is 18.1 Å². The van der Waals surface area contributed by atoms with Crippen LogP contribution < -0.4 is 0 Å². The van der Waals surface area contributed by atoms with Crippen molar-refractivity contribution >= 4 is 17.3 Å². The van der Waals surface area contributed by atoms with Crippen molar-refractivity contribution in [1.82, 2.24) is 29.3 Å². The Morgan fingerprint density at radius 2 is 1.84 bits per heavy atom. The number of rotatable bonds is 6. The third kappa shape index (κ3) is 4.07. The van der Waals surface area contributed by atoms with Gasteiger partial charge in [0.25, 0.3) is 0 Å². The smallest absolute Gasteiger partial charge is 0.407 e. The van der Waals surface area contributed by atoms with E-state index in [0.29, 0.717) is 13.1 Å². The number of aromatic nitrogens is 4. The zero-order valence-corrected chi connectivity index (χ0v) is 19.3. The Bertz CT molecular complexity index is 1070. The van der Waals surface area contributed by atoms with Gasteiger partial charge in [0, 0.05) is 55.9 Å². The van der Waals surface area contributed by atoms with Crippen molar-refractivity contribution in [1.29, 1.82) is 0 Å². The minimum atomic E-state index is -0.842. The summed E-state index contributed by atoms with van der Waals surface area (Å²) in [7, 11) is 0. The van der Waals surface area contributed by atoms with Crippen LogP contribution in [0, 0.1) is 0 Å². The summed E-state index contributed by atoms with van der Waals surface area (Å²) in [5, 5.41) is 9.60. The summed E-state index contributed by atoms with van der Waals surface area (Å²) in [6.45, 7) is 10.5. The van der Waals surface area contributed by atoms with Crippen molar-refractivity contribution in [3.63, 3.8) is 0 Å². The fourth-order valence-electron chi connectivity index (χ4n) is 5.04. The molecule has 32 heavy (non-hydrogen) atoms. The Morgan fingerprint density at radius 1 is 1.16 bits per heavy atom. The van der Waals surface area contributed by atoms with E-state index in [1.807, 2.05) is 32.2 Å². The van der Waals surface area contributed by atoms with Gasteiger partial charge in [0.1, 0.15) is 11.3 Å². The molecule has 4 rings (SSSR count). The highest BCUT2D eigenvalue weighted by molar-refractivity contribution is 5.78. The van der Waals surface area contributed by atoms with E-state index in [9.17, 15) is 9.90 Å². The molecule has 0 saturated carbocycles. The van der Waals surface area contributed by atoms with E-state index >= 15 is 0 Å². The second-order valence-corrected chi connectivity index (χ2v) is 8.66. The number of imidazole rings is 1. The molecule has 3 aromatic heterocycles. The summed E-state index contributed by atoms with van der Waals surface area (Å²) in [5.41, 5.74) is 3.88. The Balaban J connectivity index is 1.72. The van der Waals surface area contributed by atoms with Gasteiger partial charge in [0.2, 0.25) is 0 Å². The lowest BCUT2D eigenvalue weighted by Crippen LogP contribution is -2.59. The number of fused-ring (bicyclic) bond motifs is 1. The summed E-state index contributed by atoms with van der Waals surface area (Å²) in [5.74, 6) is 1.02. The fraction of sp³-hybridized carbons (Fsp3) is 0.500. The maximum Gasteiger partial charge on any atom is 0.407 e. The number of hydrogen-bond acceptors (Lipinski definition) is 5. The zero-order chi connectivity index (χ0) is 22.8. The monoisotopic (exact) mass is 436 g/mol. The van der Waals surface area contributed by atoms with E-state index in [1.165, 1.54) is 0 Å². The van der Waals surface area contributed by atoms with Crippen molar-refractivity contribution in [2.45, 2.75) is 65.2 Å². The van der Waals surface area contributed by atoms with Crippen molar-refractivity contribution in [3.05, 3.63) is 42.6 Å². The molecule has 3 aromatic rings. The molecule has 0 aliphatic carbocycles. The van der Waals surface area contributed by atoms with Crippen molar-refractivity contribution in [2.75, 3.05) is 13.1 Å². The second-order valence-electron chi connectivity index (χ2n) is 8.66. The predicted molar refractivity (Wildman–Crippen MR) is 124 cm³/mol. The molecule has 1 fully saturated rings. The van der Waals surface area contributed by atoms with Crippen LogP contribution in [0.25, 0.3) is 22.3 Å². The molecule has 1 aliphatic rings. The Kier molecular flexibility index (Phi) is 6.41. The van der Waals surface area contributed by atoms with Crippen LogP contribution in [0.15, 0.2) is 36.8 Å². The zero-order valence-electron chi connectivity index (χ0n) is 19.3. The lowest BCUT2D eigenvalue weighted by molar-refractivity contribution is 0.0174. The molecule has 0 aromatic carbocycles. The molecule has 1 saturated heterocycles. The van der Waals surface area contributed by atoms with Gasteiger partial charge in [-0.15, -0.1) is 0 Å². The van der Waals surface area contributed by atoms with Gasteiger partial charge in [-0.1, -0.05) is 13.3 Å². The largest absolute Gasteiger partial charge is 0.465 e. The van der Waals surface area contributed by atoms with Gasteiger partial charge in [-0.3, -0.25) is 9.88 Å². The Hall–Kier alpha value is -3.00. The van der Waals surface area contributed by atoms with E-state index in [0.717, 1.165) is 47.5 Å². The van der Waals surface area contributed by atoms with Crippen LogP contribution in [0.1, 0.15) is 52.4 Å². The Labute approximate surface area is 188 Å². The molecule has 8 nitrogen and oxygen atoms in total. The average molecular weight is 437 g/mol. The SMILES string of the molecule is CCCC(c1nc2cc(-c3ccncc3)cnc2n1CC)N1CC(C)N(C(=O)O)C(C)C1. The molecule has 8 heteroatoms. The summed E-state index contributed by atoms with van der Waals surface area (Å²) in [4.78, 5) is 29.6. The second kappa shape index (κ2) is 9.24. The highest BCUT2D eigenvalue weighted by atomic mass is 16.4. The summed E-state index contributed by atoms with van der Waals surface area (Å²) < 4.78 is 2.21. The first-order valence-electron chi connectivity index (χ1n) is 11.5. The lowest BCUT2D eigenvalue weighted by Gasteiger charge is -2.45. The van der Waals surface area contributed by atoms with E-state index in [2.05, 4.69) is 34.4 Å². The van der Waals surface area contributed by atoms with E-state index < -0.39 is 6.09 Å². The molecule has 1 N–H and O–H groups in total. The third-order valence-electron chi connectivity index (χ3n) is 6.41. The van der Waals surface area contributed by atoms with Crippen LogP contribution in [-0.2, 0) is 6.54 Å². The van der Waals surface area contributed by atoms with Crippen molar-refractivity contribution < 1.29 is 9.90 Å². The average Bonchev–Trinajstić information content (AvgIpc) is 3.14. The van der Waals surface area contributed by atoms with E-state index in [1.54, 1.807) is 17.3 Å². The molecule has 3 unspecified atom stereocenters. The maximum absolute atomic E-state index is 11.7. The molecule has 0 radical (unpaired) electrons. The number of hydrogen-bond donors (Lipinski definition) is 1. The van der Waals surface area contributed by atoms with Crippen LogP contribution in [0.5, 0.6) is 0 Å². The molecule has 3 atom stereocenters. The first kappa shape index (κ1) is 22.2. The highest BCUT2D eigenvalue weighted by Gasteiger charge is 2.37. The summed E-state index contributed by atoms with van der Waals surface area (Å²) in [6, 6.07) is 6.05. The number of pyridine rings is 2. The lowest BCUT2D eigenvalue weighted by atomic mass is 10.0. The van der Waals surface area contributed by atoms with Gasteiger partial charge in [-0.05, 0) is 51.0 Å². The topological polar surface area (TPSA) is 87.4 Å². The van der Waals surface area contributed by atoms with Gasteiger partial charge >= 0.3 is 6.09 Å². The van der Waals surface area contributed by atoms with Crippen LogP contribution in [-0.4, -0.2) is 65.7 Å². The van der Waals surface area contributed by atoms with Gasteiger partial charge in [-0.2, -0.15) is 0 Å². The minimum Gasteiger partial charge on any atom is -0.465 e. The molecule has 1 aliphatic heterocycles. The molecular weight excluding hydrogens is 404 g/mol. The number of amides is 1. The minimum absolute atomic E-state index is 0.0634. The standard InChI is InChI=1S/C24H32N6O2/c1-5-7-21(28-14-16(3)30(24(31)32)17(4)15-28)23-27-20-12-19(18-8-10-25-11-9-18)13-26-22(20)29(23)6-2/h8-13,16-17,21H,5-7,14-15H2,1-4H3,(H,31,32). The molecule has 1 amide bonds. The quantitative estimate of drug-likeness (QED) is 0.615. The van der Waals surface area contributed by atoms with Crippen LogP contribution in [0.4, 0.5) is 4.79 Å². The molecule has 0 bridgehead atoms. The van der Waals surface area contributed by atoms with Gasteiger partial charge < -0.3 is 14.6 Å². The third-order valence-corrected chi connectivity index (χ3v) is 6.41. The first-order valence-corrected chi connectivity index (χ1v) is 11.5. The maximum atomic E-state index is 11.7. The number of nitrogens with zero attached hydrogens (tertiary/aromatic N) is 6. The van der Waals surface area contributed by atoms with Gasteiger partial charge in [0.05, 0.1) is 6.04 Å². The van der Waals surface area contributed by atoms with Crippen molar-refractivity contribution in [2.24, 2.45) is 0 Å². The summed E-state index contributed by atoms with van der Waals surface area (Å²) >= 11 is 0. The molecule has 4 heterocycles. The van der Waals surface area contributed by atoms with Crippen LogP contribution >= 0.6 is 0 Å². The first-order chi connectivity index (χ1) is 15.4. The molecule has 170 valence electrons. The number of piperazine rings is 1. The van der Waals surface area contributed by atoms with Gasteiger partial charge in [-0.25, -0.2) is 14.8 Å². The molecule has 0 spiro atoms. The summed E-state index contributed by atoms with van der Waals surface area (Å²) in [6.07, 6.45) is 6.62. The highest BCUT2D eigenvalue weighted by Crippen LogP contribution is 2.32. The van der Waals surface area contributed by atoms with Crippen LogP contribution in [0.3, 0.4) is 0 Å². The fourth-order valence-corrected chi connectivity index (χ4v) is 5.04. The molecular formula is C24H32N6O2. The number of carboxylic acid groups (broad SMARTS) is 1. The predicted octanol–water partition coefficient (Wildman–Crippen LogP) is 4.43. The van der Waals surface area contributed by atoms with Gasteiger partial charge in [0.15, 0.2) is 5.65 Å².